The molecule has 0 rings (SSSR count). The third-order valence-corrected chi connectivity index (χ3v) is 1.70. The molecule has 0 saturated heterocycles. The summed E-state index contributed by atoms with van der Waals surface area (Å²) in [4.78, 5) is 21.4. The Hall–Kier alpha value is -1.10. The zero-order chi connectivity index (χ0) is 10.4. The summed E-state index contributed by atoms with van der Waals surface area (Å²) in [5.74, 6) is -2.75. The van der Waals surface area contributed by atoms with Crippen LogP contribution in [0.3, 0.4) is 0 Å². The summed E-state index contributed by atoms with van der Waals surface area (Å²) in [5, 5.41) is 19.5. The van der Waals surface area contributed by atoms with Crippen molar-refractivity contribution in [3.05, 3.63) is 0 Å². The highest BCUT2D eigenvalue weighted by Crippen LogP contribution is 1.95. The fourth-order valence-electron chi connectivity index (χ4n) is 0.605. The predicted octanol–water partition coefficient (Wildman–Crippen LogP) is -0.548. The van der Waals surface area contributed by atoms with Gasteiger partial charge < -0.3 is 15.5 Å². The van der Waals surface area contributed by atoms with Gasteiger partial charge in [0.25, 0.3) is 0 Å². The number of amides is 1. The molecule has 2 atom stereocenters. The molecule has 1 amide bonds. The normalized spacial score (nSPS) is 14.7. The number of carbonyl (C=O) groups excluding carboxylic acids is 1. The molecular formula is C8H15NO4. The number of rotatable bonds is 5. The van der Waals surface area contributed by atoms with Gasteiger partial charge in [0, 0.05) is 13.2 Å². The number of aliphatic carboxylic acids is 1. The number of hydrogen-bond donors (Lipinski definition) is 3. The first-order valence-electron chi connectivity index (χ1n) is 4.10. The number of aliphatic hydroxyl groups is 1. The molecule has 5 heteroatoms. The fraction of sp³-hybridized carbons (Fsp3) is 0.750. The molecule has 0 aromatic rings. The Morgan fingerprint density at radius 3 is 2.31 bits per heavy atom. The minimum atomic E-state index is -1.14. The van der Waals surface area contributed by atoms with Gasteiger partial charge in [-0.15, -0.1) is 0 Å². The molecule has 3 N–H and O–H groups in total. The van der Waals surface area contributed by atoms with Gasteiger partial charge in [-0.25, -0.2) is 0 Å². The Bertz CT molecular complexity index is 193. The molecule has 0 bridgehead atoms. The average molecular weight is 189 g/mol. The van der Waals surface area contributed by atoms with Crippen LogP contribution in [0, 0.1) is 11.8 Å². The molecule has 0 aromatic carbocycles. The first-order chi connectivity index (χ1) is 5.99. The molecule has 0 spiro atoms. The Balaban J connectivity index is 3.81. The van der Waals surface area contributed by atoms with Crippen LogP contribution in [0.5, 0.6) is 0 Å². The Labute approximate surface area is 76.8 Å². The average Bonchev–Trinajstić information content (AvgIpc) is 2.11. The molecule has 0 aromatic heterocycles. The number of nitrogens with one attached hydrogen (secondary N) is 1. The zero-order valence-electron chi connectivity index (χ0n) is 7.78. The van der Waals surface area contributed by atoms with Crippen LogP contribution < -0.4 is 5.32 Å². The van der Waals surface area contributed by atoms with Crippen molar-refractivity contribution in [2.75, 3.05) is 13.2 Å². The molecule has 0 saturated carbocycles. The standard InChI is InChI=1S/C8H15NO4/c1-5(4-10)3-9-7(11)6(2)8(12)13/h5-6,10H,3-4H2,1-2H3,(H,9,11)(H,12,13). The third kappa shape index (κ3) is 4.47. The summed E-state index contributed by atoms with van der Waals surface area (Å²) in [6, 6.07) is 0. The van der Waals surface area contributed by atoms with E-state index in [1.165, 1.54) is 6.92 Å². The maximum absolute atomic E-state index is 11.0. The summed E-state index contributed by atoms with van der Waals surface area (Å²) in [7, 11) is 0. The van der Waals surface area contributed by atoms with Gasteiger partial charge in [-0.2, -0.15) is 0 Å². The van der Waals surface area contributed by atoms with Crippen molar-refractivity contribution in [2.24, 2.45) is 11.8 Å². The van der Waals surface area contributed by atoms with Crippen LogP contribution in [0.1, 0.15) is 13.8 Å². The van der Waals surface area contributed by atoms with Gasteiger partial charge in [-0.3, -0.25) is 9.59 Å². The van der Waals surface area contributed by atoms with E-state index in [4.69, 9.17) is 10.2 Å². The topological polar surface area (TPSA) is 86.6 Å². The molecule has 0 aliphatic heterocycles. The van der Waals surface area contributed by atoms with Crippen molar-refractivity contribution in [3.8, 4) is 0 Å². The van der Waals surface area contributed by atoms with Gasteiger partial charge in [0.05, 0.1) is 0 Å². The Morgan fingerprint density at radius 2 is 1.92 bits per heavy atom. The lowest BCUT2D eigenvalue weighted by atomic mass is 10.1. The molecule has 0 aliphatic rings. The second-order valence-corrected chi connectivity index (χ2v) is 3.09. The van der Waals surface area contributed by atoms with Crippen LogP contribution in [-0.2, 0) is 9.59 Å². The first kappa shape index (κ1) is 11.9. The van der Waals surface area contributed by atoms with Crippen LogP contribution in [0.4, 0.5) is 0 Å². The van der Waals surface area contributed by atoms with Crippen molar-refractivity contribution in [1.82, 2.24) is 5.32 Å². The summed E-state index contributed by atoms with van der Waals surface area (Å²) in [6.45, 7) is 3.35. The van der Waals surface area contributed by atoms with Crippen LogP contribution in [0.2, 0.25) is 0 Å². The SMILES string of the molecule is CC(CO)CNC(=O)C(C)C(=O)O. The van der Waals surface area contributed by atoms with Gasteiger partial charge >= 0.3 is 5.97 Å². The highest BCUT2D eigenvalue weighted by molar-refractivity contribution is 5.96. The van der Waals surface area contributed by atoms with E-state index >= 15 is 0 Å². The maximum atomic E-state index is 11.0. The number of carbonyl (C=O) groups is 2. The number of carboxylic acid groups (broad SMARTS) is 1. The van der Waals surface area contributed by atoms with Crippen molar-refractivity contribution >= 4 is 11.9 Å². The molecule has 0 aliphatic carbocycles. The van der Waals surface area contributed by atoms with E-state index in [0.29, 0.717) is 6.54 Å². The molecule has 0 fully saturated rings. The molecule has 0 radical (unpaired) electrons. The lowest BCUT2D eigenvalue weighted by Gasteiger charge is -2.11. The van der Waals surface area contributed by atoms with Crippen LogP contribution in [-0.4, -0.2) is 35.2 Å². The summed E-state index contributed by atoms with van der Waals surface area (Å²) >= 11 is 0. The zero-order valence-corrected chi connectivity index (χ0v) is 7.78. The molecule has 76 valence electrons. The van der Waals surface area contributed by atoms with Crippen LogP contribution in [0.15, 0.2) is 0 Å². The quantitative estimate of drug-likeness (QED) is 0.506. The molecular weight excluding hydrogens is 174 g/mol. The maximum Gasteiger partial charge on any atom is 0.315 e. The summed E-state index contributed by atoms with van der Waals surface area (Å²) < 4.78 is 0. The van der Waals surface area contributed by atoms with Crippen molar-refractivity contribution in [1.29, 1.82) is 0 Å². The van der Waals surface area contributed by atoms with Crippen LogP contribution >= 0.6 is 0 Å². The van der Waals surface area contributed by atoms with E-state index in [2.05, 4.69) is 5.32 Å². The van der Waals surface area contributed by atoms with Gasteiger partial charge in [0.1, 0.15) is 5.92 Å². The first-order valence-corrected chi connectivity index (χ1v) is 4.10. The van der Waals surface area contributed by atoms with Crippen LogP contribution in [0.25, 0.3) is 0 Å². The lowest BCUT2D eigenvalue weighted by molar-refractivity contribution is -0.146. The number of aliphatic hydroxyl groups excluding tert-OH is 1. The second-order valence-electron chi connectivity index (χ2n) is 3.09. The van der Waals surface area contributed by atoms with Crippen molar-refractivity contribution < 1.29 is 19.8 Å². The lowest BCUT2D eigenvalue weighted by Crippen LogP contribution is -2.36. The highest BCUT2D eigenvalue weighted by Gasteiger charge is 2.20. The smallest absolute Gasteiger partial charge is 0.315 e. The second kappa shape index (κ2) is 5.53. The van der Waals surface area contributed by atoms with E-state index in [1.807, 2.05) is 0 Å². The van der Waals surface area contributed by atoms with E-state index < -0.39 is 17.8 Å². The number of carboxylic acids is 1. The van der Waals surface area contributed by atoms with E-state index in [-0.39, 0.29) is 12.5 Å². The fourth-order valence-corrected chi connectivity index (χ4v) is 0.605. The minimum absolute atomic E-state index is 0.0261. The monoisotopic (exact) mass is 189 g/mol. The largest absolute Gasteiger partial charge is 0.481 e. The van der Waals surface area contributed by atoms with Gasteiger partial charge in [-0.05, 0) is 12.8 Å². The van der Waals surface area contributed by atoms with E-state index in [9.17, 15) is 9.59 Å². The predicted molar refractivity (Wildman–Crippen MR) is 46.1 cm³/mol. The van der Waals surface area contributed by atoms with E-state index in [1.54, 1.807) is 6.92 Å². The molecule has 13 heavy (non-hydrogen) atoms. The highest BCUT2D eigenvalue weighted by atomic mass is 16.4. The minimum Gasteiger partial charge on any atom is -0.481 e. The molecule has 2 unspecified atom stereocenters. The van der Waals surface area contributed by atoms with Crippen molar-refractivity contribution in [3.63, 3.8) is 0 Å². The van der Waals surface area contributed by atoms with Gasteiger partial charge in [0.2, 0.25) is 5.91 Å². The van der Waals surface area contributed by atoms with Crippen molar-refractivity contribution in [2.45, 2.75) is 13.8 Å². The molecule has 0 heterocycles. The summed E-state index contributed by atoms with van der Waals surface area (Å²) in [5.41, 5.74) is 0. The number of hydrogen-bond acceptors (Lipinski definition) is 3. The third-order valence-electron chi connectivity index (χ3n) is 1.70. The van der Waals surface area contributed by atoms with E-state index in [0.717, 1.165) is 0 Å². The Morgan fingerprint density at radius 1 is 1.38 bits per heavy atom. The van der Waals surface area contributed by atoms with Gasteiger partial charge in [0.15, 0.2) is 0 Å². The summed E-state index contributed by atoms with van der Waals surface area (Å²) in [6.07, 6.45) is 0. The molecule has 5 nitrogen and oxygen atoms in total. The Kier molecular flexibility index (Phi) is 5.06. The van der Waals surface area contributed by atoms with Gasteiger partial charge in [-0.1, -0.05) is 6.92 Å².